The number of fused-ring (bicyclic) bond motifs is 3. The molecule has 3 aromatic carbocycles. The van der Waals surface area contributed by atoms with Gasteiger partial charge in [-0.2, -0.15) is 6.08 Å². The summed E-state index contributed by atoms with van der Waals surface area (Å²) >= 11 is 2.27. The van der Waals surface area contributed by atoms with Gasteiger partial charge in [-0.05, 0) is 8.07 Å². The maximum atomic E-state index is 3.53. The zero-order valence-electron chi connectivity index (χ0n) is 20.7. The van der Waals surface area contributed by atoms with E-state index in [9.17, 15) is 0 Å². The Morgan fingerprint density at radius 3 is 1.53 bits per heavy atom. The van der Waals surface area contributed by atoms with Gasteiger partial charge in [-0.25, -0.2) is 11.3 Å². The number of allylic oxidation sites excluding steroid dienone is 4. The van der Waals surface area contributed by atoms with Gasteiger partial charge in [-0.3, -0.25) is 6.08 Å². The van der Waals surface area contributed by atoms with E-state index in [1.165, 1.54) is 21.5 Å². The summed E-state index contributed by atoms with van der Waals surface area (Å²) in [6.45, 7) is 19.0. The predicted molar refractivity (Wildman–Crippen MR) is 141 cm³/mol. The first-order chi connectivity index (χ1) is 13.9. The molecule has 0 saturated heterocycles. The standard InChI is InChI=1S/C13H9.C11H21Si2.C2H6Si.2ClH.Ti/c1-3-7-12-10(5-1)9-11-6-2-4-8-13(11)12;1-12(2,3)10-7-8-11(9-10)13(4,5)6;1-3-2;;;/h1-9H;7,9,11H,1-6H3;1-2H3;2*1H;/q2*-1;;;;+2/p-2. The van der Waals surface area contributed by atoms with Crippen molar-refractivity contribution in [2.75, 3.05) is 0 Å². The van der Waals surface area contributed by atoms with E-state index in [1.54, 1.807) is 5.20 Å². The van der Waals surface area contributed by atoms with Gasteiger partial charge in [0.25, 0.3) is 0 Å². The van der Waals surface area contributed by atoms with Crippen molar-refractivity contribution in [2.45, 2.75) is 57.9 Å². The normalized spacial score (nSPS) is 14.9. The van der Waals surface area contributed by atoms with Gasteiger partial charge in [0.1, 0.15) is 0 Å². The minimum atomic E-state index is -1.08. The first-order valence-corrected chi connectivity index (χ1v) is 22.7. The second-order valence-corrected chi connectivity index (χ2v) is 27.5. The fourth-order valence-electron chi connectivity index (χ4n) is 3.33. The van der Waals surface area contributed by atoms with Crippen molar-refractivity contribution >= 4 is 43.9 Å². The molecule has 1 aliphatic rings. The van der Waals surface area contributed by atoms with E-state index in [4.69, 9.17) is 0 Å². The van der Waals surface area contributed by atoms with Crippen LogP contribution in [0.4, 0.5) is 0 Å². The maximum absolute atomic E-state index is 3.53. The second-order valence-electron chi connectivity index (χ2n) is 10.3. The van der Waals surface area contributed by atoms with Crippen LogP contribution in [-0.2, 0) is 19.2 Å². The molecule has 0 nitrogen and oxygen atoms in total. The molecule has 0 amide bonds. The number of rotatable bonds is 2. The van der Waals surface area contributed by atoms with Crippen LogP contribution in [0.5, 0.6) is 0 Å². The Kier molecular flexibility index (Phi) is 13.5. The molecule has 1 atom stereocenters. The topological polar surface area (TPSA) is 0 Å². The molecule has 0 fully saturated rings. The minimum Gasteiger partial charge on any atom is -1.00 e. The summed E-state index contributed by atoms with van der Waals surface area (Å²) in [5.74, 6) is 0. The van der Waals surface area contributed by atoms with Crippen LogP contribution in [0.1, 0.15) is 0 Å². The van der Waals surface area contributed by atoms with Crippen molar-refractivity contribution in [1.82, 2.24) is 0 Å². The molecule has 0 saturated carbocycles. The summed E-state index contributed by atoms with van der Waals surface area (Å²) < 4.78 is 0. The molecule has 1 unspecified atom stereocenters. The summed E-state index contributed by atoms with van der Waals surface area (Å²) in [7, 11) is -2.12. The summed E-state index contributed by atoms with van der Waals surface area (Å²) in [6.07, 6.45) is 8.40. The molecular weight excluding hydrogens is 515 g/mol. The molecule has 0 heterocycles. The monoisotopic (exact) mass is 550 g/mol. The SMILES string of the molecule is C[Si](C)(C)C1=CC([Si](C)(C)C)[C-]=C1.C[Si](C)=[Ti+2].[Cl-].[Cl-].c1ccc2c(c1)[cH-]c1ccccc12. The van der Waals surface area contributed by atoms with E-state index in [-0.39, 0.29) is 31.0 Å². The maximum Gasteiger partial charge on any atom is -0.0771 e. The zero-order valence-corrected chi connectivity index (χ0v) is 26.8. The number of halogens is 2. The van der Waals surface area contributed by atoms with Gasteiger partial charge in [0, 0.05) is 8.07 Å². The van der Waals surface area contributed by atoms with Crippen LogP contribution in [0.15, 0.2) is 71.9 Å². The van der Waals surface area contributed by atoms with E-state index in [1.807, 2.05) is 0 Å². The molecule has 3 aromatic rings. The Hall–Kier alpha value is -0.265. The minimum absolute atomic E-state index is 0. The molecule has 0 aromatic heterocycles. The Labute approximate surface area is 222 Å². The third-order valence-electron chi connectivity index (χ3n) is 5.09. The van der Waals surface area contributed by atoms with Crippen LogP contribution in [0.3, 0.4) is 0 Å². The van der Waals surface area contributed by atoms with Gasteiger partial charge >= 0.3 is 38.5 Å². The van der Waals surface area contributed by atoms with Crippen molar-refractivity contribution in [2.24, 2.45) is 0 Å². The molecule has 0 aliphatic heterocycles. The first-order valence-electron chi connectivity index (χ1n) is 10.8. The van der Waals surface area contributed by atoms with Gasteiger partial charge < -0.3 is 24.8 Å². The van der Waals surface area contributed by atoms with E-state index in [0.29, 0.717) is 5.54 Å². The smallest absolute Gasteiger partial charge is 0.0771 e. The zero-order chi connectivity index (χ0) is 22.5. The van der Waals surface area contributed by atoms with Gasteiger partial charge in [-0.1, -0.05) is 75.7 Å². The van der Waals surface area contributed by atoms with Crippen molar-refractivity contribution in [3.8, 4) is 0 Å². The van der Waals surface area contributed by atoms with Crippen LogP contribution < -0.4 is 24.8 Å². The van der Waals surface area contributed by atoms with Crippen molar-refractivity contribution < 1.29 is 44.0 Å². The van der Waals surface area contributed by atoms with E-state index in [2.05, 4.69) is 144 Å². The van der Waals surface area contributed by atoms with Crippen molar-refractivity contribution in [3.63, 3.8) is 0 Å². The van der Waals surface area contributed by atoms with Crippen LogP contribution in [0, 0.1) is 6.08 Å². The molecule has 0 spiro atoms. The summed E-state index contributed by atoms with van der Waals surface area (Å²) in [6, 6.07) is 19.3. The van der Waals surface area contributed by atoms with Crippen molar-refractivity contribution in [1.29, 1.82) is 0 Å². The fourth-order valence-corrected chi connectivity index (χ4v) is 5.94. The molecule has 0 radical (unpaired) electrons. The van der Waals surface area contributed by atoms with Gasteiger partial charge in [0.05, 0.1) is 0 Å². The summed E-state index contributed by atoms with van der Waals surface area (Å²) in [5, 5.41) is 6.99. The molecule has 0 N–H and O–H groups in total. The molecule has 6 heteroatoms. The second kappa shape index (κ2) is 13.6. The molecule has 0 bridgehead atoms. The quantitative estimate of drug-likeness (QED) is 0.339. The summed E-state index contributed by atoms with van der Waals surface area (Å²) in [4.78, 5) is 0. The predicted octanol–water partition coefficient (Wildman–Crippen LogP) is 2.38. The number of benzene rings is 2. The Balaban J connectivity index is 0.000000490. The fraction of sp³-hybridized carbons (Fsp3) is 0.346. The number of hydrogen-bond donors (Lipinski definition) is 0. The molecular formula is C26H36Cl2Si3Ti-2. The van der Waals surface area contributed by atoms with E-state index < -0.39 is 16.1 Å². The Morgan fingerprint density at radius 1 is 0.812 bits per heavy atom. The largest absolute Gasteiger partial charge is 1.00 e. The first kappa shape index (κ1) is 31.7. The van der Waals surface area contributed by atoms with Gasteiger partial charge in [-0.15, -0.1) is 45.3 Å². The molecule has 172 valence electrons. The van der Waals surface area contributed by atoms with Crippen LogP contribution in [0.25, 0.3) is 21.5 Å². The molecule has 4 rings (SSSR count). The van der Waals surface area contributed by atoms with Crippen LogP contribution in [0.2, 0.25) is 57.9 Å². The Morgan fingerprint density at radius 2 is 1.22 bits per heavy atom. The third kappa shape index (κ3) is 9.54. The van der Waals surface area contributed by atoms with E-state index >= 15 is 0 Å². The average Bonchev–Trinajstić information content (AvgIpc) is 3.27. The van der Waals surface area contributed by atoms with Gasteiger partial charge in [0.15, 0.2) is 0 Å². The van der Waals surface area contributed by atoms with E-state index in [0.717, 1.165) is 0 Å². The van der Waals surface area contributed by atoms with Crippen molar-refractivity contribution in [3.05, 3.63) is 78.0 Å². The van der Waals surface area contributed by atoms with Crippen LogP contribution >= 0.6 is 0 Å². The molecule has 1 aliphatic carbocycles. The Bertz CT molecular complexity index is 1020. The number of hydrogen-bond acceptors (Lipinski definition) is 0. The molecule has 32 heavy (non-hydrogen) atoms. The van der Waals surface area contributed by atoms with Crippen LogP contribution in [-0.4, -0.2) is 22.3 Å². The average molecular weight is 552 g/mol. The third-order valence-corrected chi connectivity index (χ3v) is 9.33. The van der Waals surface area contributed by atoms with Gasteiger partial charge in [0.2, 0.25) is 0 Å². The summed E-state index contributed by atoms with van der Waals surface area (Å²) in [5.41, 5.74) is 0.661.